The second-order valence-corrected chi connectivity index (χ2v) is 7.41. The lowest BCUT2D eigenvalue weighted by atomic mass is 9.94. The van der Waals surface area contributed by atoms with Crippen LogP contribution in [-0.4, -0.2) is 48.1 Å². The van der Waals surface area contributed by atoms with Gasteiger partial charge in [-0.1, -0.05) is 12.8 Å². The fourth-order valence-corrected chi connectivity index (χ4v) is 2.41. The Bertz CT molecular complexity index is 654. The largest absolute Gasteiger partial charge is 0.438 e. The fourth-order valence-electron chi connectivity index (χ4n) is 1.95. The van der Waals surface area contributed by atoms with Crippen LogP contribution in [-0.2, 0) is 10.1 Å². The summed E-state index contributed by atoms with van der Waals surface area (Å²) in [6.07, 6.45) is -11.2. The first-order valence-corrected chi connectivity index (χ1v) is 8.82. The van der Waals surface area contributed by atoms with E-state index in [1.807, 2.05) is 0 Å². The van der Waals surface area contributed by atoms with Crippen LogP contribution in [0, 0.1) is 0 Å². The third-order valence-electron chi connectivity index (χ3n) is 3.64. The highest BCUT2D eigenvalue weighted by Crippen LogP contribution is 2.58. The predicted octanol–water partition coefficient (Wildman–Crippen LogP) is 5.91. The number of unbranched alkanes of at least 4 members (excludes halogenated alkanes) is 3. The van der Waals surface area contributed by atoms with Crippen molar-refractivity contribution in [2.45, 2.75) is 73.6 Å². The molecular weight excluding hydrogens is 471 g/mol. The Labute approximate surface area is 155 Å². The van der Waals surface area contributed by atoms with Crippen LogP contribution in [0.4, 0.5) is 57.1 Å². The van der Waals surface area contributed by atoms with Crippen molar-refractivity contribution in [1.29, 1.82) is 0 Å². The molecule has 0 bridgehead atoms. The molecule has 0 amide bonds. The number of alkyl halides is 13. The van der Waals surface area contributed by atoms with Crippen molar-refractivity contribution in [3.63, 3.8) is 0 Å². The van der Waals surface area contributed by atoms with Gasteiger partial charge in [0.25, 0.3) is 0 Å². The molecule has 3 nitrogen and oxygen atoms in total. The van der Waals surface area contributed by atoms with Crippen LogP contribution in [0.2, 0.25) is 0 Å². The molecule has 0 fully saturated rings. The van der Waals surface area contributed by atoms with Crippen molar-refractivity contribution in [3.05, 3.63) is 0 Å². The highest BCUT2D eigenvalue weighted by Gasteiger charge is 2.88. The second-order valence-electron chi connectivity index (χ2n) is 5.95. The molecule has 0 saturated heterocycles. The molecule has 0 aromatic carbocycles. The molecule has 0 aromatic heterocycles. The van der Waals surface area contributed by atoms with Gasteiger partial charge in [-0.05, 0) is 12.8 Å². The minimum absolute atomic E-state index is 0.478. The van der Waals surface area contributed by atoms with Gasteiger partial charge in [0.2, 0.25) is 0 Å². The molecule has 1 N–H and O–H groups in total. The van der Waals surface area contributed by atoms with E-state index in [2.05, 4.69) is 0 Å². The van der Waals surface area contributed by atoms with E-state index < -0.39 is 83.8 Å². The van der Waals surface area contributed by atoms with Crippen molar-refractivity contribution in [2.24, 2.45) is 0 Å². The maximum Gasteiger partial charge on any atom is 0.438 e. The van der Waals surface area contributed by atoms with E-state index >= 15 is 0 Å². The van der Waals surface area contributed by atoms with Gasteiger partial charge >= 0.3 is 45.2 Å². The number of hydrogen-bond donors (Lipinski definition) is 1. The zero-order valence-corrected chi connectivity index (χ0v) is 14.6. The van der Waals surface area contributed by atoms with E-state index in [4.69, 9.17) is 4.55 Å². The topological polar surface area (TPSA) is 54.4 Å². The van der Waals surface area contributed by atoms with Crippen LogP contribution < -0.4 is 0 Å². The van der Waals surface area contributed by atoms with Gasteiger partial charge < -0.3 is 0 Å². The molecule has 0 heterocycles. The second kappa shape index (κ2) is 8.26. The average molecular weight is 484 g/mol. The fraction of sp³-hybridized carbons (Fsp3) is 1.00. The minimum atomic E-state index is -7.66. The van der Waals surface area contributed by atoms with E-state index in [0.717, 1.165) is 0 Å². The smallest absolute Gasteiger partial charge is 0.281 e. The molecule has 0 atom stereocenters. The molecule has 0 radical (unpaired) electrons. The maximum atomic E-state index is 13.4. The van der Waals surface area contributed by atoms with Crippen LogP contribution in [0.15, 0.2) is 0 Å². The maximum absolute atomic E-state index is 13.4. The Hall–Kier alpha value is -1.00. The number of halogens is 13. The Kier molecular flexibility index (Phi) is 7.98. The Morgan fingerprint density at radius 1 is 0.552 bits per heavy atom. The molecule has 17 heteroatoms. The van der Waals surface area contributed by atoms with Gasteiger partial charge in [0, 0.05) is 12.8 Å². The summed E-state index contributed by atoms with van der Waals surface area (Å²) < 4.78 is 196. The number of hydrogen-bond acceptors (Lipinski definition) is 2. The molecule has 0 aromatic rings. The van der Waals surface area contributed by atoms with E-state index in [1.165, 1.54) is 0 Å². The molecule has 0 spiro atoms. The van der Waals surface area contributed by atoms with Crippen molar-refractivity contribution in [3.8, 4) is 0 Å². The lowest BCUT2D eigenvalue weighted by molar-refractivity contribution is -0.390. The van der Waals surface area contributed by atoms with Gasteiger partial charge in [-0.2, -0.15) is 65.5 Å². The SMILES string of the molecule is O=S(=O)(O)C(F)(F)C(F)(F)C(F)(F)C(F)(F)C(F)(F)CCCCCCC(F)(F)F. The van der Waals surface area contributed by atoms with E-state index in [-0.39, 0.29) is 0 Å². The summed E-state index contributed by atoms with van der Waals surface area (Å²) in [6.45, 7) is 0. The Morgan fingerprint density at radius 3 is 1.28 bits per heavy atom. The normalized spacial score (nSPS) is 15.7. The molecule has 29 heavy (non-hydrogen) atoms. The van der Waals surface area contributed by atoms with Crippen LogP contribution in [0.1, 0.15) is 38.5 Å². The van der Waals surface area contributed by atoms with Crippen molar-refractivity contribution in [1.82, 2.24) is 0 Å². The van der Waals surface area contributed by atoms with Gasteiger partial charge in [0.05, 0.1) is 0 Å². The van der Waals surface area contributed by atoms with Crippen LogP contribution in [0.25, 0.3) is 0 Å². The van der Waals surface area contributed by atoms with Crippen LogP contribution in [0.5, 0.6) is 0 Å². The monoisotopic (exact) mass is 484 g/mol. The summed E-state index contributed by atoms with van der Waals surface area (Å²) in [5.41, 5.74) is 0. The first kappa shape index (κ1) is 28.0. The quantitative estimate of drug-likeness (QED) is 0.225. The van der Waals surface area contributed by atoms with Gasteiger partial charge in [-0.25, -0.2) is 0 Å². The van der Waals surface area contributed by atoms with E-state index in [1.54, 1.807) is 0 Å². The molecule has 0 aliphatic heterocycles. The average Bonchev–Trinajstić information content (AvgIpc) is 2.47. The highest BCUT2D eigenvalue weighted by atomic mass is 32.2. The zero-order valence-electron chi connectivity index (χ0n) is 13.8. The molecule has 176 valence electrons. The zero-order chi connectivity index (χ0) is 23.7. The molecule has 0 aliphatic carbocycles. The molecule has 0 saturated carbocycles. The minimum Gasteiger partial charge on any atom is -0.281 e. The van der Waals surface area contributed by atoms with E-state index in [9.17, 15) is 65.5 Å². The summed E-state index contributed by atoms with van der Waals surface area (Å²) in [6, 6.07) is 0. The Balaban J connectivity index is 5.40. The summed E-state index contributed by atoms with van der Waals surface area (Å²) in [5, 5.41) is -7.25. The van der Waals surface area contributed by atoms with Crippen molar-refractivity contribution < 1.29 is 70.0 Å². The van der Waals surface area contributed by atoms with Crippen LogP contribution in [0.3, 0.4) is 0 Å². The van der Waals surface area contributed by atoms with Crippen molar-refractivity contribution in [2.75, 3.05) is 0 Å². The first-order chi connectivity index (χ1) is 12.5. The Morgan fingerprint density at radius 2 is 0.931 bits per heavy atom. The third kappa shape index (κ3) is 5.58. The van der Waals surface area contributed by atoms with Gasteiger partial charge in [0.15, 0.2) is 0 Å². The summed E-state index contributed by atoms with van der Waals surface area (Å²) in [5.74, 6) is -28.6. The molecule has 0 unspecified atom stereocenters. The van der Waals surface area contributed by atoms with Gasteiger partial charge in [0.1, 0.15) is 0 Å². The number of rotatable bonds is 11. The standard InChI is InChI=1S/C12H13F13O3S/c13-7(14,5-3-1-2-4-6-8(15,16)17)9(18,19)10(20,21)11(22,23)12(24,25)29(26,27)28/h1-6H2,(H,26,27,28). The lowest BCUT2D eigenvalue weighted by Crippen LogP contribution is -2.68. The molecule has 0 aliphatic rings. The molecular formula is C12H13F13O3S. The summed E-state index contributed by atoms with van der Waals surface area (Å²) in [4.78, 5) is 0. The summed E-state index contributed by atoms with van der Waals surface area (Å²) >= 11 is 0. The lowest BCUT2D eigenvalue weighted by Gasteiger charge is -2.38. The van der Waals surface area contributed by atoms with E-state index in [0.29, 0.717) is 0 Å². The third-order valence-corrected chi connectivity index (χ3v) is 4.54. The van der Waals surface area contributed by atoms with Crippen LogP contribution >= 0.6 is 0 Å². The summed E-state index contributed by atoms with van der Waals surface area (Å²) in [7, 11) is -7.42. The highest BCUT2D eigenvalue weighted by molar-refractivity contribution is 7.87. The van der Waals surface area contributed by atoms with Gasteiger partial charge in [-0.3, -0.25) is 4.55 Å². The predicted molar refractivity (Wildman–Crippen MR) is 70.0 cm³/mol. The van der Waals surface area contributed by atoms with Gasteiger partial charge in [-0.15, -0.1) is 0 Å². The first-order valence-electron chi connectivity index (χ1n) is 7.38. The molecule has 0 rings (SSSR count). The van der Waals surface area contributed by atoms with Crippen molar-refractivity contribution >= 4 is 10.1 Å².